The Morgan fingerprint density at radius 1 is 0.933 bits per heavy atom. The van der Waals surface area contributed by atoms with Crippen LogP contribution in [0.2, 0.25) is 0 Å². The summed E-state index contributed by atoms with van der Waals surface area (Å²) in [5.74, 6) is 2.29. The van der Waals surface area contributed by atoms with E-state index in [4.69, 9.17) is 9.47 Å². The van der Waals surface area contributed by atoms with Crippen molar-refractivity contribution in [2.45, 2.75) is 24.0 Å². The van der Waals surface area contributed by atoms with Crippen molar-refractivity contribution in [2.24, 2.45) is 0 Å². The van der Waals surface area contributed by atoms with E-state index < -0.39 is 0 Å². The first-order chi connectivity index (χ1) is 14.6. The van der Waals surface area contributed by atoms with Crippen molar-refractivity contribution in [3.63, 3.8) is 0 Å². The van der Waals surface area contributed by atoms with Crippen LogP contribution in [0.4, 0.5) is 0 Å². The van der Waals surface area contributed by atoms with Crippen LogP contribution < -0.4 is 14.8 Å². The van der Waals surface area contributed by atoms with E-state index in [-0.39, 0.29) is 5.91 Å². The second kappa shape index (κ2) is 10.7. The normalized spacial score (nSPS) is 10.5. The van der Waals surface area contributed by atoms with Crippen LogP contribution in [0.25, 0.3) is 0 Å². The topological polar surface area (TPSA) is 47.6 Å². The average molecular weight is 422 g/mol. The zero-order valence-corrected chi connectivity index (χ0v) is 18.4. The number of hydrogen-bond donors (Lipinski definition) is 1. The van der Waals surface area contributed by atoms with Crippen molar-refractivity contribution in [3.8, 4) is 11.5 Å². The SMILES string of the molecule is COc1ccc(CCNC(=O)c2ccc(OC)c(CSc3ccc(C)cc3)c2)cc1. The van der Waals surface area contributed by atoms with E-state index >= 15 is 0 Å². The summed E-state index contributed by atoms with van der Waals surface area (Å²) in [6.07, 6.45) is 0.766. The van der Waals surface area contributed by atoms with Crippen LogP contribution in [0, 0.1) is 6.92 Å². The number of carbonyl (C=O) groups excluding carboxylic acids is 1. The third kappa shape index (κ3) is 6.04. The number of carbonyl (C=O) groups is 1. The Morgan fingerprint density at radius 3 is 2.33 bits per heavy atom. The van der Waals surface area contributed by atoms with Crippen molar-refractivity contribution in [3.05, 3.63) is 89.0 Å². The largest absolute Gasteiger partial charge is 0.497 e. The standard InChI is InChI=1S/C25H27NO3S/c1-18-4-11-23(12-5-18)30-17-21-16-20(8-13-24(21)29-3)25(27)26-15-14-19-6-9-22(28-2)10-7-19/h4-13,16H,14-15,17H2,1-3H3,(H,26,27). The van der Waals surface area contributed by atoms with Gasteiger partial charge in [0.1, 0.15) is 11.5 Å². The maximum Gasteiger partial charge on any atom is 0.251 e. The number of hydrogen-bond acceptors (Lipinski definition) is 4. The number of nitrogens with one attached hydrogen (secondary N) is 1. The molecule has 0 aliphatic heterocycles. The molecule has 3 rings (SSSR count). The van der Waals surface area contributed by atoms with E-state index in [1.807, 2.05) is 42.5 Å². The molecule has 0 saturated carbocycles. The number of rotatable bonds is 9. The molecule has 4 nitrogen and oxygen atoms in total. The summed E-state index contributed by atoms with van der Waals surface area (Å²) in [7, 11) is 3.31. The van der Waals surface area contributed by atoms with Crippen LogP contribution in [-0.4, -0.2) is 26.7 Å². The second-order valence-electron chi connectivity index (χ2n) is 6.98. The molecule has 0 bridgehead atoms. The van der Waals surface area contributed by atoms with Crippen LogP contribution in [0.3, 0.4) is 0 Å². The number of amides is 1. The van der Waals surface area contributed by atoms with E-state index in [0.29, 0.717) is 12.1 Å². The van der Waals surface area contributed by atoms with Crippen molar-refractivity contribution >= 4 is 17.7 Å². The van der Waals surface area contributed by atoms with Gasteiger partial charge in [-0.1, -0.05) is 29.8 Å². The van der Waals surface area contributed by atoms with Crippen LogP contribution >= 0.6 is 11.8 Å². The Hall–Kier alpha value is -2.92. The number of methoxy groups -OCH3 is 2. The molecule has 0 aliphatic rings. The molecule has 156 valence electrons. The van der Waals surface area contributed by atoms with Gasteiger partial charge in [0, 0.05) is 28.3 Å². The molecular weight excluding hydrogens is 394 g/mol. The lowest BCUT2D eigenvalue weighted by Gasteiger charge is -2.11. The van der Waals surface area contributed by atoms with E-state index in [9.17, 15) is 4.79 Å². The molecule has 3 aromatic carbocycles. The summed E-state index contributed by atoms with van der Waals surface area (Å²) in [5.41, 5.74) is 4.04. The summed E-state index contributed by atoms with van der Waals surface area (Å²) < 4.78 is 10.7. The van der Waals surface area contributed by atoms with Gasteiger partial charge >= 0.3 is 0 Å². The van der Waals surface area contributed by atoms with Crippen LogP contribution in [-0.2, 0) is 12.2 Å². The maximum absolute atomic E-state index is 12.6. The number of aryl methyl sites for hydroxylation is 1. The zero-order valence-electron chi connectivity index (χ0n) is 17.6. The molecule has 0 saturated heterocycles. The Bertz CT molecular complexity index is 969. The zero-order chi connectivity index (χ0) is 21.3. The summed E-state index contributed by atoms with van der Waals surface area (Å²) in [6, 6.07) is 21.9. The van der Waals surface area contributed by atoms with Crippen molar-refractivity contribution in [1.29, 1.82) is 0 Å². The lowest BCUT2D eigenvalue weighted by atomic mass is 10.1. The molecule has 0 unspecified atom stereocenters. The predicted octanol–water partition coefficient (Wildman–Crippen LogP) is 5.28. The highest BCUT2D eigenvalue weighted by Gasteiger charge is 2.11. The van der Waals surface area contributed by atoms with Crippen molar-refractivity contribution in [2.75, 3.05) is 20.8 Å². The molecule has 0 heterocycles. The number of ether oxygens (including phenoxy) is 2. The number of benzene rings is 3. The molecule has 0 atom stereocenters. The monoisotopic (exact) mass is 421 g/mol. The molecule has 0 fully saturated rings. The van der Waals surface area contributed by atoms with Gasteiger partial charge in [-0.15, -0.1) is 11.8 Å². The molecule has 0 radical (unpaired) electrons. The molecule has 0 aromatic heterocycles. The maximum atomic E-state index is 12.6. The third-order valence-electron chi connectivity index (χ3n) is 4.82. The quantitative estimate of drug-likeness (QED) is 0.478. The fourth-order valence-electron chi connectivity index (χ4n) is 3.04. The van der Waals surface area contributed by atoms with Crippen molar-refractivity contribution < 1.29 is 14.3 Å². The average Bonchev–Trinajstić information content (AvgIpc) is 2.79. The van der Waals surface area contributed by atoms with E-state index in [1.54, 1.807) is 26.0 Å². The summed E-state index contributed by atoms with van der Waals surface area (Å²) >= 11 is 1.73. The van der Waals surface area contributed by atoms with Gasteiger partial charge in [-0.3, -0.25) is 4.79 Å². The van der Waals surface area contributed by atoms with Crippen LogP contribution in [0.1, 0.15) is 27.0 Å². The Morgan fingerprint density at radius 2 is 1.67 bits per heavy atom. The fraction of sp³-hybridized carbons (Fsp3) is 0.240. The van der Waals surface area contributed by atoms with E-state index in [2.05, 4.69) is 36.5 Å². The minimum atomic E-state index is -0.0762. The molecule has 30 heavy (non-hydrogen) atoms. The van der Waals surface area contributed by atoms with E-state index in [1.165, 1.54) is 10.5 Å². The van der Waals surface area contributed by atoms with Gasteiger partial charge < -0.3 is 14.8 Å². The summed E-state index contributed by atoms with van der Waals surface area (Å²) in [4.78, 5) is 13.8. The van der Waals surface area contributed by atoms with Gasteiger partial charge in [0.15, 0.2) is 0 Å². The molecular formula is C25H27NO3S. The predicted molar refractivity (Wildman–Crippen MR) is 123 cm³/mol. The van der Waals surface area contributed by atoms with Gasteiger partial charge in [-0.05, 0) is 61.4 Å². The summed E-state index contributed by atoms with van der Waals surface area (Å²) in [6.45, 7) is 2.65. The molecule has 5 heteroatoms. The highest BCUT2D eigenvalue weighted by molar-refractivity contribution is 7.98. The van der Waals surface area contributed by atoms with E-state index in [0.717, 1.165) is 34.8 Å². The lowest BCUT2D eigenvalue weighted by molar-refractivity contribution is 0.0954. The minimum absolute atomic E-state index is 0.0762. The molecule has 1 N–H and O–H groups in total. The molecule has 1 amide bonds. The van der Waals surface area contributed by atoms with Crippen molar-refractivity contribution in [1.82, 2.24) is 5.32 Å². The first-order valence-corrected chi connectivity index (χ1v) is 10.8. The lowest BCUT2D eigenvalue weighted by Crippen LogP contribution is -2.25. The molecule has 0 spiro atoms. The highest BCUT2D eigenvalue weighted by Crippen LogP contribution is 2.29. The number of thioether (sulfide) groups is 1. The van der Waals surface area contributed by atoms with Crippen LogP contribution in [0.5, 0.6) is 11.5 Å². The Kier molecular flexibility index (Phi) is 7.80. The second-order valence-corrected chi connectivity index (χ2v) is 8.03. The Balaban J connectivity index is 1.59. The van der Waals surface area contributed by atoms with Gasteiger partial charge in [-0.2, -0.15) is 0 Å². The molecule has 3 aromatic rings. The minimum Gasteiger partial charge on any atom is -0.497 e. The van der Waals surface area contributed by atoms with Gasteiger partial charge in [0.2, 0.25) is 0 Å². The third-order valence-corrected chi connectivity index (χ3v) is 5.88. The fourth-order valence-corrected chi connectivity index (χ4v) is 3.92. The Labute approximate surface area is 182 Å². The van der Waals surface area contributed by atoms with Crippen LogP contribution in [0.15, 0.2) is 71.6 Å². The first-order valence-electron chi connectivity index (χ1n) is 9.86. The smallest absolute Gasteiger partial charge is 0.251 e. The first kappa shape index (κ1) is 21.8. The highest BCUT2D eigenvalue weighted by atomic mass is 32.2. The van der Waals surface area contributed by atoms with Gasteiger partial charge in [-0.25, -0.2) is 0 Å². The van der Waals surface area contributed by atoms with Gasteiger partial charge in [0.05, 0.1) is 14.2 Å². The van der Waals surface area contributed by atoms with Gasteiger partial charge in [0.25, 0.3) is 5.91 Å². The summed E-state index contributed by atoms with van der Waals surface area (Å²) in [5, 5.41) is 3.00. The molecule has 0 aliphatic carbocycles.